The van der Waals surface area contributed by atoms with Crippen molar-refractivity contribution in [2.75, 3.05) is 13.2 Å². The summed E-state index contributed by atoms with van der Waals surface area (Å²) in [6, 6.07) is 6.77. The third-order valence-electron chi connectivity index (χ3n) is 2.86. The Morgan fingerprint density at radius 2 is 1.95 bits per heavy atom. The van der Waals surface area contributed by atoms with Gasteiger partial charge in [0.25, 0.3) is 0 Å². The highest BCUT2D eigenvalue weighted by Crippen LogP contribution is 2.13. The number of benzene rings is 1. The molecule has 0 unspecified atom stereocenters. The predicted molar refractivity (Wildman–Crippen MR) is 77.0 cm³/mol. The van der Waals surface area contributed by atoms with E-state index in [2.05, 4.69) is 6.92 Å². The summed E-state index contributed by atoms with van der Waals surface area (Å²) in [5, 5.41) is 0. The Kier molecular flexibility index (Phi) is 7.40. The van der Waals surface area contributed by atoms with Gasteiger partial charge in [0.15, 0.2) is 12.4 Å². The first-order chi connectivity index (χ1) is 9.63. The van der Waals surface area contributed by atoms with Crippen LogP contribution in [0.5, 0.6) is 5.75 Å². The van der Waals surface area contributed by atoms with Crippen molar-refractivity contribution in [3.63, 3.8) is 0 Å². The zero-order valence-electron chi connectivity index (χ0n) is 12.2. The maximum Gasteiger partial charge on any atom is 0.344 e. The zero-order valence-corrected chi connectivity index (χ0v) is 12.2. The molecule has 0 aromatic heterocycles. The molecule has 0 spiro atoms. The van der Waals surface area contributed by atoms with Crippen LogP contribution in [-0.2, 0) is 9.53 Å². The molecule has 0 aliphatic heterocycles. The van der Waals surface area contributed by atoms with Gasteiger partial charge in [0.05, 0.1) is 6.61 Å². The van der Waals surface area contributed by atoms with Crippen LogP contribution in [0.25, 0.3) is 0 Å². The van der Waals surface area contributed by atoms with Gasteiger partial charge in [-0.1, -0.05) is 38.3 Å². The molecule has 0 atom stereocenters. The smallest absolute Gasteiger partial charge is 0.344 e. The SMILES string of the molecule is CCCCCCOC(=O)COc1cccc(C(C)=O)c1. The molecule has 1 rings (SSSR count). The summed E-state index contributed by atoms with van der Waals surface area (Å²) >= 11 is 0. The average molecular weight is 278 g/mol. The lowest BCUT2D eigenvalue weighted by Crippen LogP contribution is -2.15. The van der Waals surface area contributed by atoms with Crippen LogP contribution in [0.2, 0.25) is 0 Å². The third kappa shape index (κ3) is 6.36. The Bertz CT molecular complexity index is 440. The summed E-state index contributed by atoms with van der Waals surface area (Å²) in [7, 11) is 0. The minimum atomic E-state index is -0.380. The van der Waals surface area contributed by atoms with E-state index in [0.717, 1.165) is 25.7 Å². The lowest BCUT2D eigenvalue weighted by Gasteiger charge is -2.07. The van der Waals surface area contributed by atoms with Gasteiger partial charge in [-0.25, -0.2) is 4.79 Å². The fourth-order valence-corrected chi connectivity index (χ4v) is 1.70. The van der Waals surface area contributed by atoms with Crippen LogP contribution >= 0.6 is 0 Å². The molecule has 0 aliphatic rings. The summed E-state index contributed by atoms with van der Waals surface area (Å²) in [6.45, 7) is 3.93. The standard InChI is InChI=1S/C16H22O4/c1-3-4-5-6-10-19-16(18)12-20-15-9-7-8-14(11-15)13(2)17/h7-9,11H,3-6,10,12H2,1-2H3. The number of carbonyl (C=O) groups excluding carboxylic acids is 2. The number of ketones is 1. The number of rotatable bonds is 9. The molecule has 0 saturated heterocycles. The van der Waals surface area contributed by atoms with Crippen molar-refractivity contribution in [1.82, 2.24) is 0 Å². The van der Waals surface area contributed by atoms with E-state index < -0.39 is 0 Å². The van der Waals surface area contributed by atoms with Crippen molar-refractivity contribution in [3.05, 3.63) is 29.8 Å². The molecule has 0 amide bonds. The average Bonchev–Trinajstić information content (AvgIpc) is 2.45. The van der Waals surface area contributed by atoms with E-state index in [1.807, 2.05) is 0 Å². The van der Waals surface area contributed by atoms with Crippen LogP contribution in [0.15, 0.2) is 24.3 Å². The van der Waals surface area contributed by atoms with Crippen molar-refractivity contribution in [3.8, 4) is 5.75 Å². The van der Waals surface area contributed by atoms with E-state index >= 15 is 0 Å². The van der Waals surface area contributed by atoms with Gasteiger partial charge in [0.2, 0.25) is 0 Å². The fourth-order valence-electron chi connectivity index (χ4n) is 1.70. The van der Waals surface area contributed by atoms with Crippen molar-refractivity contribution in [2.45, 2.75) is 39.5 Å². The first kappa shape index (κ1) is 16.2. The summed E-state index contributed by atoms with van der Waals surface area (Å²) in [5.74, 6) is 0.0873. The number of esters is 1. The van der Waals surface area contributed by atoms with Gasteiger partial charge >= 0.3 is 5.97 Å². The molecule has 4 heteroatoms. The molecule has 1 aromatic rings. The van der Waals surface area contributed by atoms with Crippen LogP contribution in [0.1, 0.15) is 49.9 Å². The van der Waals surface area contributed by atoms with Crippen molar-refractivity contribution >= 4 is 11.8 Å². The van der Waals surface area contributed by atoms with Gasteiger partial charge in [-0.15, -0.1) is 0 Å². The first-order valence-electron chi connectivity index (χ1n) is 7.03. The summed E-state index contributed by atoms with van der Waals surface area (Å²) in [4.78, 5) is 22.7. The Labute approximate surface area is 120 Å². The highest BCUT2D eigenvalue weighted by Gasteiger charge is 2.06. The van der Waals surface area contributed by atoms with Gasteiger partial charge in [-0.05, 0) is 25.5 Å². The van der Waals surface area contributed by atoms with Gasteiger partial charge in [0.1, 0.15) is 5.75 Å². The third-order valence-corrected chi connectivity index (χ3v) is 2.86. The zero-order chi connectivity index (χ0) is 14.8. The number of ether oxygens (including phenoxy) is 2. The van der Waals surface area contributed by atoms with E-state index in [4.69, 9.17) is 9.47 Å². The van der Waals surface area contributed by atoms with E-state index in [0.29, 0.717) is 17.9 Å². The second kappa shape index (κ2) is 9.13. The minimum absolute atomic E-state index is 0.0334. The molecule has 0 fully saturated rings. The monoisotopic (exact) mass is 278 g/mol. The molecule has 1 aromatic carbocycles. The molecule has 110 valence electrons. The molecule has 0 saturated carbocycles. The Morgan fingerprint density at radius 1 is 1.15 bits per heavy atom. The normalized spacial score (nSPS) is 10.1. The number of Topliss-reactive ketones (excluding diaryl/α,β-unsaturated/α-hetero) is 1. The van der Waals surface area contributed by atoms with Crippen LogP contribution in [-0.4, -0.2) is 25.0 Å². The van der Waals surface area contributed by atoms with Crippen molar-refractivity contribution < 1.29 is 19.1 Å². The molecule has 4 nitrogen and oxygen atoms in total. The molecule has 0 radical (unpaired) electrons. The van der Waals surface area contributed by atoms with E-state index in [-0.39, 0.29) is 18.4 Å². The maximum atomic E-state index is 11.5. The van der Waals surface area contributed by atoms with Gasteiger partial charge < -0.3 is 9.47 Å². The molecule has 0 N–H and O–H groups in total. The molecule has 0 bridgehead atoms. The summed E-state index contributed by atoms with van der Waals surface area (Å²) in [6.07, 6.45) is 4.28. The largest absolute Gasteiger partial charge is 0.482 e. The number of unbranched alkanes of at least 4 members (excludes halogenated alkanes) is 3. The first-order valence-corrected chi connectivity index (χ1v) is 7.03. The number of hydrogen-bond donors (Lipinski definition) is 0. The summed E-state index contributed by atoms with van der Waals surface area (Å²) < 4.78 is 10.4. The van der Waals surface area contributed by atoms with Gasteiger partial charge in [0, 0.05) is 5.56 Å². The molecular formula is C16H22O4. The summed E-state index contributed by atoms with van der Waals surface area (Å²) in [5.41, 5.74) is 0.565. The highest BCUT2D eigenvalue weighted by atomic mass is 16.6. The highest BCUT2D eigenvalue weighted by molar-refractivity contribution is 5.94. The Hall–Kier alpha value is -1.84. The van der Waals surface area contributed by atoms with Crippen molar-refractivity contribution in [2.24, 2.45) is 0 Å². The molecule has 0 heterocycles. The second-order valence-corrected chi connectivity index (χ2v) is 4.65. The molecule has 0 aliphatic carbocycles. The fraction of sp³-hybridized carbons (Fsp3) is 0.500. The Morgan fingerprint density at radius 3 is 2.65 bits per heavy atom. The van der Waals surface area contributed by atoms with Gasteiger partial charge in [-0.3, -0.25) is 4.79 Å². The van der Waals surface area contributed by atoms with Crippen LogP contribution < -0.4 is 4.74 Å². The van der Waals surface area contributed by atoms with Crippen molar-refractivity contribution in [1.29, 1.82) is 0 Å². The van der Waals surface area contributed by atoms with Crippen LogP contribution in [0.4, 0.5) is 0 Å². The predicted octanol–water partition coefficient (Wildman–Crippen LogP) is 3.39. The van der Waals surface area contributed by atoms with Crippen LogP contribution in [0, 0.1) is 0 Å². The van der Waals surface area contributed by atoms with E-state index in [9.17, 15) is 9.59 Å². The van der Waals surface area contributed by atoms with Crippen LogP contribution in [0.3, 0.4) is 0 Å². The van der Waals surface area contributed by atoms with E-state index in [1.54, 1.807) is 24.3 Å². The topological polar surface area (TPSA) is 52.6 Å². The number of carbonyl (C=O) groups is 2. The lowest BCUT2D eigenvalue weighted by atomic mass is 10.1. The number of hydrogen-bond acceptors (Lipinski definition) is 4. The molecular weight excluding hydrogens is 256 g/mol. The van der Waals surface area contributed by atoms with E-state index in [1.165, 1.54) is 6.92 Å². The second-order valence-electron chi connectivity index (χ2n) is 4.65. The minimum Gasteiger partial charge on any atom is -0.482 e. The quantitative estimate of drug-likeness (QED) is 0.395. The molecule has 20 heavy (non-hydrogen) atoms. The lowest BCUT2D eigenvalue weighted by molar-refractivity contribution is -0.146. The maximum absolute atomic E-state index is 11.5. The van der Waals surface area contributed by atoms with Gasteiger partial charge in [-0.2, -0.15) is 0 Å². The Balaban J connectivity index is 2.27.